The molecule has 21 heavy (non-hydrogen) atoms. The summed E-state index contributed by atoms with van der Waals surface area (Å²) in [6.07, 6.45) is 0.495. The Morgan fingerprint density at radius 2 is 1.86 bits per heavy atom. The minimum absolute atomic E-state index is 0.0694. The fourth-order valence-corrected chi connectivity index (χ4v) is 3.27. The highest BCUT2D eigenvalue weighted by Gasteiger charge is 2.15. The van der Waals surface area contributed by atoms with Crippen LogP contribution < -0.4 is 4.72 Å². The summed E-state index contributed by atoms with van der Waals surface area (Å²) in [5, 5.41) is 0.369. The number of hydrogen-bond donors (Lipinski definition) is 1. The normalized spacial score (nSPS) is 11.6. The maximum absolute atomic E-state index is 13.0. The van der Waals surface area contributed by atoms with Gasteiger partial charge in [0.2, 0.25) is 10.0 Å². The van der Waals surface area contributed by atoms with Gasteiger partial charge in [-0.2, -0.15) is 0 Å². The molecule has 0 aliphatic rings. The molecule has 0 heterocycles. The second-order valence-corrected chi connectivity index (χ2v) is 6.96. The van der Waals surface area contributed by atoms with Crippen LogP contribution in [0.15, 0.2) is 47.4 Å². The van der Waals surface area contributed by atoms with Gasteiger partial charge in [0.15, 0.2) is 0 Å². The molecule has 2 aromatic rings. The molecular formula is C14H12Cl2FNO2S. The van der Waals surface area contributed by atoms with Gasteiger partial charge < -0.3 is 0 Å². The Morgan fingerprint density at radius 3 is 2.52 bits per heavy atom. The van der Waals surface area contributed by atoms with Gasteiger partial charge in [-0.25, -0.2) is 17.5 Å². The van der Waals surface area contributed by atoms with E-state index in [4.69, 9.17) is 23.2 Å². The van der Waals surface area contributed by atoms with Crippen LogP contribution in [0.5, 0.6) is 0 Å². The molecule has 3 nitrogen and oxygen atoms in total. The molecular weight excluding hydrogens is 336 g/mol. The molecule has 0 saturated heterocycles. The smallest absolute Gasteiger partial charge is 0.211 e. The molecule has 1 N–H and O–H groups in total. The first kappa shape index (κ1) is 16.2. The van der Waals surface area contributed by atoms with Gasteiger partial charge in [-0.15, -0.1) is 0 Å². The summed E-state index contributed by atoms with van der Waals surface area (Å²) in [6.45, 7) is 0.206. The molecule has 0 saturated carbocycles. The molecule has 2 aromatic carbocycles. The second-order valence-electron chi connectivity index (χ2n) is 4.35. The van der Waals surface area contributed by atoms with Crippen molar-refractivity contribution in [2.24, 2.45) is 0 Å². The summed E-state index contributed by atoms with van der Waals surface area (Å²) < 4.78 is 39.5. The molecule has 0 atom stereocenters. The van der Waals surface area contributed by atoms with E-state index in [1.54, 1.807) is 18.2 Å². The summed E-state index contributed by atoms with van der Waals surface area (Å²) in [5.41, 5.74) is 0.919. The van der Waals surface area contributed by atoms with Crippen LogP contribution in [0.25, 0.3) is 0 Å². The van der Waals surface area contributed by atoms with Crippen LogP contribution in [0.4, 0.5) is 4.39 Å². The lowest BCUT2D eigenvalue weighted by atomic mass is 10.2. The van der Waals surface area contributed by atoms with E-state index in [1.807, 2.05) is 6.07 Å². The molecule has 112 valence electrons. The molecule has 0 aliphatic carbocycles. The highest BCUT2D eigenvalue weighted by molar-refractivity contribution is 7.89. The Bertz CT molecular complexity index is 750. The van der Waals surface area contributed by atoms with Crippen LogP contribution in [0.1, 0.15) is 5.56 Å². The maximum Gasteiger partial charge on any atom is 0.240 e. The monoisotopic (exact) mass is 347 g/mol. The Balaban J connectivity index is 2.03. The largest absolute Gasteiger partial charge is 0.240 e. The van der Waals surface area contributed by atoms with E-state index in [2.05, 4.69) is 4.72 Å². The van der Waals surface area contributed by atoms with Crippen molar-refractivity contribution in [3.05, 3.63) is 63.9 Å². The lowest BCUT2D eigenvalue weighted by molar-refractivity contribution is 0.580. The van der Waals surface area contributed by atoms with Crippen LogP contribution in [-0.2, 0) is 16.4 Å². The molecule has 7 heteroatoms. The van der Waals surface area contributed by atoms with Gasteiger partial charge >= 0.3 is 0 Å². The lowest BCUT2D eigenvalue weighted by Crippen LogP contribution is -2.26. The van der Waals surface area contributed by atoms with E-state index in [1.165, 1.54) is 6.07 Å². The fourth-order valence-electron chi connectivity index (χ4n) is 1.75. The zero-order valence-electron chi connectivity index (χ0n) is 10.8. The van der Waals surface area contributed by atoms with E-state index in [-0.39, 0.29) is 16.5 Å². The van der Waals surface area contributed by atoms with Crippen molar-refractivity contribution in [2.75, 3.05) is 6.54 Å². The van der Waals surface area contributed by atoms with E-state index in [0.29, 0.717) is 11.4 Å². The average molecular weight is 348 g/mol. The predicted molar refractivity (Wildman–Crippen MR) is 81.8 cm³/mol. The zero-order chi connectivity index (χ0) is 15.5. The van der Waals surface area contributed by atoms with E-state index >= 15 is 0 Å². The van der Waals surface area contributed by atoms with E-state index < -0.39 is 15.8 Å². The quantitative estimate of drug-likeness (QED) is 0.897. The minimum atomic E-state index is -3.71. The summed E-state index contributed by atoms with van der Waals surface area (Å²) in [5.74, 6) is -0.658. The van der Waals surface area contributed by atoms with Gasteiger partial charge in [0, 0.05) is 11.6 Å². The van der Waals surface area contributed by atoms with Crippen LogP contribution >= 0.6 is 23.2 Å². The number of benzene rings is 2. The summed E-state index contributed by atoms with van der Waals surface area (Å²) >= 11 is 11.4. The molecule has 0 spiro atoms. The van der Waals surface area contributed by atoms with Crippen molar-refractivity contribution in [1.82, 2.24) is 4.72 Å². The zero-order valence-corrected chi connectivity index (χ0v) is 13.1. The van der Waals surface area contributed by atoms with Gasteiger partial charge in [0.05, 0.1) is 9.92 Å². The number of sulfonamides is 1. The standard InChI is InChI=1S/C14H12Cl2FNO2S/c15-11-3-1-2-10(8-11)6-7-18-21(19,20)12-4-5-14(17)13(16)9-12/h1-5,8-9,18H,6-7H2. The molecule has 0 radical (unpaired) electrons. The molecule has 0 aromatic heterocycles. The first-order valence-electron chi connectivity index (χ1n) is 6.08. The topological polar surface area (TPSA) is 46.2 Å². The second kappa shape index (κ2) is 6.75. The highest BCUT2D eigenvalue weighted by atomic mass is 35.5. The van der Waals surface area contributed by atoms with Crippen molar-refractivity contribution in [3.8, 4) is 0 Å². The van der Waals surface area contributed by atoms with Gasteiger partial charge in [-0.1, -0.05) is 35.3 Å². The fraction of sp³-hybridized carbons (Fsp3) is 0.143. The van der Waals surface area contributed by atoms with Gasteiger partial charge in [-0.05, 0) is 42.3 Å². The van der Waals surface area contributed by atoms with Gasteiger partial charge in [0.1, 0.15) is 5.82 Å². The van der Waals surface area contributed by atoms with Crippen molar-refractivity contribution in [2.45, 2.75) is 11.3 Å². The predicted octanol–water partition coefficient (Wildman–Crippen LogP) is 3.65. The molecule has 0 aliphatic heterocycles. The molecule has 0 amide bonds. The SMILES string of the molecule is O=S(=O)(NCCc1cccc(Cl)c1)c1ccc(F)c(Cl)c1. The number of hydrogen-bond acceptors (Lipinski definition) is 2. The third-order valence-electron chi connectivity index (χ3n) is 2.80. The van der Waals surface area contributed by atoms with Crippen molar-refractivity contribution in [1.29, 1.82) is 0 Å². The summed E-state index contributed by atoms with van der Waals surface area (Å²) in [7, 11) is -3.71. The number of halogens is 3. The number of rotatable bonds is 5. The Morgan fingerprint density at radius 1 is 1.10 bits per heavy atom. The van der Waals surface area contributed by atoms with Crippen molar-refractivity contribution in [3.63, 3.8) is 0 Å². The molecule has 0 fully saturated rings. The van der Waals surface area contributed by atoms with Gasteiger partial charge in [0.25, 0.3) is 0 Å². The molecule has 2 rings (SSSR count). The van der Waals surface area contributed by atoms with Gasteiger partial charge in [-0.3, -0.25) is 0 Å². The first-order chi connectivity index (χ1) is 9.88. The lowest BCUT2D eigenvalue weighted by Gasteiger charge is -2.07. The maximum atomic E-state index is 13.0. The number of nitrogens with one attached hydrogen (secondary N) is 1. The van der Waals surface area contributed by atoms with Crippen LogP contribution in [-0.4, -0.2) is 15.0 Å². The minimum Gasteiger partial charge on any atom is -0.211 e. The molecule has 0 unspecified atom stereocenters. The Labute approximate surface area is 132 Å². The third kappa shape index (κ3) is 4.41. The highest BCUT2D eigenvalue weighted by Crippen LogP contribution is 2.19. The first-order valence-corrected chi connectivity index (χ1v) is 8.31. The van der Waals surface area contributed by atoms with Crippen molar-refractivity contribution >= 4 is 33.2 Å². The van der Waals surface area contributed by atoms with Crippen molar-refractivity contribution < 1.29 is 12.8 Å². The Kier molecular flexibility index (Phi) is 5.22. The van der Waals surface area contributed by atoms with E-state index in [9.17, 15) is 12.8 Å². The Hall–Kier alpha value is -1.14. The molecule has 0 bridgehead atoms. The third-order valence-corrected chi connectivity index (χ3v) is 4.78. The summed E-state index contributed by atoms with van der Waals surface area (Å²) in [4.78, 5) is -0.0694. The van der Waals surface area contributed by atoms with Crippen LogP contribution in [0, 0.1) is 5.82 Å². The van der Waals surface area contributed by atoms with Crippen LogP contribution in [0.3, 0.4) is 0 Å². The summed E-state index contributed by atoms with van der Waals surface area (Å²) in [6, 6.07) is 10.4. The van der Waals surface area contributed by atoms with Crippen LogP contribution in [0.2, 0.25) is 10.0 Å². The average Bonchev–Trinajstić information content (AvgIpc) is 2.41. The van der Waals surface area contributed by atoms with E-state index in [0.717, 1.165) is 17.7 Å².